The first-order chi connectivity index (χ1) is 25.9. The average molecular weight is 699 g/mol. The lowest BCUT2D eigenvalue weighted by molar-refractivity contribution is -0.385. The van der Waals surface area contributed by atoms with Gasteiger partial charge in [-0.25, -0.2) is 0 Å². The van der Waals surface area contributed by atoms with Crippen LogP contribution in [0, 0.1) is 20.2 Å². The van der Waals surface area contributed by atoms with Gasteiger partial charge >= 0.3 is 11.4 Å². The molecule has 0 saturated carbocycles. The van der Waals surface area contributed by atoms with Crippen LogP contribution in [0.4, 0.5) is 11.4 Å². The van der Waals surface area contributed by atoms with E-state index >= 15 is 0 Å². The number of benzene rings is 7. The largest absolute Gasteiger partial charge is 0.489 e. The molecule has 7 aromatic carbocycles. The third-order valence-electron chi connectivity index (χ3n) is 9.41. The molecule has 0 aromatic heterocycles. The normalized spacial score (nSPS) is 12.7. The summed E-state index contributed by atoms with van der Waals surface area (Å²) in [5.41, 5.74) is 6.74. The molecule has 7 aromatic rings. The van der Waals surface area contributed by atoms with Crippen LogP contribution in [0.2, 0.25) is 0 Å². The lowest BCUT2D eigenvalue weighted by Crippen LogP contribution is -2.28. The molecule has 0 saturated heterocycles. The molecule has 53 heavy (non-hydrogen) atoms. The van der Waals surface area contributed by atoms with Crippen LogP contribution in [0.1, 0.15) is 27.8 Å². The van der Waals surface area contributed by atoms with Gasteiger partial charge in [0, 0.05) is 12.1 Å². The Bertz CT molecular complexity index is 2310. The number of rotatable bonds is 8. The Balaban J connectivity index is 0.000000438. The molecule has 258 valence electrons. The molecule has 0 unspecified atom stereocenters. The predicted octanol–water partition coefficient (Wildman–Crippen LogP) is 11.0. The van der Waals surface area contributed by atoms with Gasteiger partial charge in [0.1, 0.15) is 23.9 Å². The molecule has 9 nitrogen and oxygen atoms in total. The first kappa shape index (κ1) is 32.9. The zero-order chi connectivity index (χ0) is 36.4. The Hall–Kier alpha value is -7.26. The molecule has 2 aliphatic rings. The number of hydrogen-bond donors (Lipinski definition) is 0. The van der Waals surface area contributed by atoms with Crippen LogP contribution in [0.3, 0.4) is 0 Å². The van der Waals surface area contributed by atoms with E-state index in [9.17, 15) is 20.2 Å². The predicted molar refractivity (Wildman–Crippen MR) is 201 cm³/mol. The van der Waals surface area contributed by atoms with Gasteiger partial charge in [0.2, 0.25) is 11.5 Å². The van der Waals surface area contributed by atoms with Gasteiger partial charge < -0.3 is 14.2 Å². The maximum absolute atomic E-state index is 11.5. The quantitative estimate of drug-likeness (QED) is 0.115. The Morgan fingerprint density at radius 3 is 1.42 bits per heavy atom. The van der Waals surface area contributed by atoms with Gasteiger partial charge in [0.15, 0.2) is 0 Å². The topological polar surface area (TPSA) is 114 Å². The van der Waals surface area contributed by atoms with Crippen molar-refractivity contribution in [1.82, 2.24) is 0 Å². The number of para-hydroxylation sites is 4. The van der Waals surface area contributed by atoms with Crippen molar-refractivity contribution in [2.24, 2.45) is 0 Å². The van der Waals surface area contributed by atoms with Crippen molar-refractivity contribution in [2.45, 2.75) is 12.0 Å². The molecule has 0 atom stereocenters. The van der Waals surface area contributed by atoms with E-state index in [0.717, 1.165) is 45.7 Å². The van der Waals surface area contributed by atoms with Crippen molar-refractivity contribution in [3.8, 4) is 39.9 Å². The molecular formula is C44H30N2O7. The molecule has 9 rings (SSSR count). The molecule has 9 heteroatoms. The summed E-state index contributed by atoms with van der Waals surface area (Å²) < 4.78 is 17.1. The zero-order valence-electron chi connectivity index (χ0n) is 28.1. The molecule has 1 aliphatic heterocycles. The molecule has 1 heterocycles. The highest BCUT2D eigenvalue weighted by Gasteiger charge is 2.45. The van der Waals surface area contributed by atoms with Crippen LogP contribution in [0.5, 0.6) is 28.7 Å². The minimum atomic E-state index is -0.707. The fourth-order valence-corrected chi connectivity index (χ4v) is 7.10. The Kier molecular flexibility index (Phi) is 8.57. The summed E-state index contributed by atoms with van der Waals surface area (Å²) in [6.45, 7) is 0.766. The number of fused-ring (bicyclic) bond motifs is 5. The van der Waals surface area contributed by atoms with E-state index in [4.69, 9.17) is 14.2 Å². The highest BCUT2D eigenvalue weighted by Crippen LogP contribution is 2.56. The van der Waals surface area contributed by atoms with E-state index in [-0.39, 0.29) is 22.9 Å². The molecule has 0 spiro atoms. The van der Waals surface area contributed by atoms with Crippen molar-refractivity contribution in [3.05, 3.63) is 218 Å². The summed E-state index contributed by atoms with van der Waals surface area (Å²) in [5, 5.41) is 23.1. The monoisotopic (exact) mass is 698 g/mol. The Morgan fingerprint density at radius 2 is 0.962 bits per heavy atom. The van der Waals surface area contributed by atoms with Gasteiger partial charge in [-0.3, -0.25) is 20.2 Å². The summed E-state index contributed by atoms with van der Waals surface area (Å²) in [4.78, 5) is 22.1. The van der Waals surface area contributed by atoms with E-state index in [1.807, 2.05) is 84.9 Å². The second-order valence-corrected chi connectivity index (χ2v) is 12.5. The zero-order valence-corrected chi connectivity index (χ0v) is 28.1. The van der Waals surface area contributed by atoms with Crippen LogP contribution in [-0.2, 0) is 12.0 Å². The summed E-state index contributed by atoms with van der Waals surface area (Å²) in [6.07, 6.45) is 0. The van der Waals surface area contributed by atoms with Gasteiger partial charge in [-0.15, -0.1) is 0 Å². The minimum Gasteiger partial charge on any atom is -0.489 e. The highest BCUT2D eigenvalue weighted by atomic mass is 16.6. The standard InChI is InChI=1S/C37H24N2O6.C7H6O/c40-38(41)33-13-5-7-15-35(33)44-27-21-17-25(18-22-27)37(31-11-3-1-9-29(31)30-10-2-4-12-32(30)37)26-19-23-28(24-20-26)45-36-16-8-6-14-34(36)39(42)43;1-2-6-4-7(3-1)8-5-6/h1-24H;1-4H,5H2. The summed E-state index contributed by atoms with van der Waals surface area (Å²) in [6, 6.07) is 52.5. The van der Waals surface area contributed by atoms with Crippen molar-refractivity contribution in [1.29, 1.82) is 0 Å². The van der Waals surface area contributed by atoms with Gasteiger partial charge in [-0.1, -0.05) is 109 Å². The van der Waals surface area contributed by atoms with Crippen molar-refractivity contribution in [3.63, 3.8) is 0 Å². The van der Waals surface area contributed by atoms with E-state index in [0.29, 0.717) is 11.5 Å². The van der Waals surface area contributed by atoms with Gasteiger partial charge in [-0.05, 0) is 87.5 Å². The Labute approximate surface area is 304 Å². The van der Waals surface area contributed by atoms with Crippen LogP contribution >= 0.6 is 0 Å². The lowest BCUT2D eigenvalue weighted by atomic mass is 9.68. The summed E-state index contributed by atoms with van der Waals surface area (Å²) >= 11 is 0. The molecular weight excluding hydrogens is 668 g/mol. The maximum atomic E-state index is 11.5. The van der Waals surface area contributed by atoms with Crippen LogP contribution in [0.25, 0.3) is 11.1 Å². The highest BCUT2D eigenvalue weighted by molar-refractivity contribution is 5.86. The van der Waals surface area contributed by atoms with Gasteiger partial charge in [0.05, 0.1) is 15.3 Å². The first-order valence-corrected chi connectivity index (χ1v) is 16.9. The SMILES string of the molecule is O=[N+]([O-])c1ccccc1Oc1ccc(C2(c3ccc(Oc4ccccc4[N+](=O)[O-])cc3)c3ccccc3-c3ccccc32)cc1.c1cc2cc(c1)OC2. The molecule has 0 fully saturated rings. The van der Waals surface area contributed by atoms with Crippen molar-refractivity contribution in [2.75, 3.05) is 0 Å². The van der Waals surface area contributed by atoms with E-state index in [2.05, 4.69) is 36.4 Å². The number of nitro groups is 2. The second-order valence-electron chi connectivity index (χ2n) is 12.5. The van der Waals surface area contributed by atoms with Crippen molar-refractivity contribution < 1.29 is 24.1 Å². The molecule has 2 bridgehead atoms. The average Bonchev–Trinajstić information content (AvgIpc) is 3.69. The van der Waals surface area contributed by atoms with Crippen LogP contribution in [-0.4, -0.2) is 9.85 Å². The Morgan fingerprint density at radius 1 is 0.509 bits per heavy atom. The van der Waals surface area contributed by atoms with Crippen molar-refractivity contribution >= 4 is 11.4 Å². The summed E-state index contributed by atoms with van der Waals surface area (Å²) in [5.74, 6) is 2.26. The second kappa shape index (κ2) is 13.8. The molecule has 0 amide bonds. The summed E-state index contributed by atoms with van der Waals surface area (Å²) in [7, 11) is 0. The number of hydrogen-bond acceptors (Lipinski definition) is 7. The van der Waals surface area contributed by atoms with Crippen LogP contribution in [0.15, 0.2) is 170 Å². The minimum absolute atomic E-state index is 0.111. The molecule has 0 radical (unpaired) electrons. The third-order valence-corrected chi connectivity index (χ3v) is 9.41. The number of nitrogens with zero attached hydrogens (tertiary/aromatic N) is 2. The van der Waals surface area contributed by atoms with E-state index in [1.54, 1.807) is 36.4 Å². The lowest BCUT2D eigenvalue weighted by Gasteiger charge is -2.34. The van der Waals surface area contributed by atoms with Crippen LogP contribution < -0.4 is 14.2 Å². The van der Waals surface area contributed by atoms with Gasteiger partial charge in [0.25, 0.3) is 0 Å². The smallest absolute Gasteiger partial charge is 0.311 e. The number of nitro benzene ring substituents is 2. The maximum Gasteiger partial charge on any atom is 0.311 e. The van der Waals surface area contributed by atoms with E-state index < -0.39 is 15.3 Å². The molecule has 0 N–H and O–H groups in total. The fourth-order valence-electron chi connectivity index (χ4n) is 7.10. The third kappa shape index (κ3) is 6.10. The van der Waals surface area contributed by atoms with E-state index in [1.165, 1.54) is 17.7 Å². The number of ether oxygens (including phenoxy) is 3. The first-order valence-electron chi connectivity index (χ1n) is 16.9. The van der Waals surface area contributed by atoms with Gasteiger partial charge in [-0.2, -0.15) is 0 Å². The fraction of sp³-hybridized carbons (Fsp3) is 0.0455. The molecule has 1 aliphatic carbocycles.